The Kier molecular flexibility index (Phi) is 5.72. The van der Waals surface area contributed by atoms with E-state index in [1.165, 1.54) is 32.9 Å². The van der Waals surface area contributed by atoms with E-state index in [-0.39, 0.29) is 24.6 Å². The minimum atomic E-state index is -0.753. The average Bonchev–Trinajstić information content (AvgIpc) is 2.91. The van der Waals surface area contributed by atoms with Crippen molar-refractivity contribution in [3.63, 3.8) is 0 Å². The molecule has 0 amide bonds. The molecule has 0 saturated carbocycles. The number of hydrogen-bond acceptors (Lipinski definition) is 6. The van der Waals surface area contributed by atoms with Crippen LogP contribution in [-0.2, 0) is 25.5 Å². The third kappa shape index (κ3) is 4.16. The molecule has 8 heteroatoms. The van der Waals surface area contributed by atoms with Crippen LogP contribution in [0.4, 0.5) is 4.39 Å². The molecule has 0 bridgehead atoms. The van der Waals surface area contributed by atoms with Crippen molar-refractivity contribution in [3.8, 4) is 11.4 Å². The highest BCUT2D eigenvalue weighted by Gasteiger charge is 2.39. The summed E-state index contributed by atoms with van der Waals surface area (Å²) in [7, 11) is 0. The molecule has 7 nitrogen and oxygen atoms in total. The number of carbonyl (C=O) groups is 3. The summed E-state index contributed by atoms with van der Waals surface area (Å²) < 4.78 is 31.7. The topological polar surface area (TPSA) is 83.8 Å². The monoisotopic (exact) mass is 403 g/mol. The summed E-state index contributed by atoms with van der Waals surface area (Å²) in [6.45, 7) is 5.63. The summed E-state index contributed by atoms with van der Waals surface area (Å²) in [5.74, 6) is -1.21. The molecular weight excluding hydrogens is 381 g/mol. The zero-order valence-electron chi connectivity index (χ0n) is 16.7. The van der Waals surface area contributed by atoms with Crippen LogP contribution < -0.4 is 4.74 Å². The minimum Gasteiger partial charge on any atom is -0.480 e. The Labute approximate surface area is 167 Å². The fourth-order valence-electron chi connectivity index (χ4n) is 3.61. The molecule has 0 unspecified atom stereocenters. The van der Waals surface area contributed by atoms with Crippen molar-refractivity contribution in [2.24, 2.45) is 0 Å². The quantitative estimate of drug-likeness (QED) is 0.564. The zero-order chi connectivity index (χ0) is 21.3. The van der Waals surface area contributed by atoms with Crippen LogP contribution in [0.3, 0.4) is 0 Å². The largest absolute Gasteiger partial charge is 0.480 e. The van der Waals surface area contributed by atoms with E-state index in [1.54, 1.807) is 23.6 Å². The number of aromatic nitrogens is 1. The average molecular weight is 403 g/mol. The van der Waals surface area contributed by atoms with E-state index >= 15 is 0 Å². The molecule has 1 aromatic carbocycles. The highest BCUT2D eigenvalue weighted by Crippen LogP contribution is 2.39. The Morgan fingerprint density at radius 2 is 1.79 bits per heavy atom. The lowest BCUT2D eigenvalue weighted by molar-refractivity contribution is -0.157. The van der Waals surface area contributed by atoms with E-state index in [2.05, 4.69) is 0 Å². The fraction of sp³-hybridized carbons (Fsp3) is 0.381. The highest BCUT2D eigenvalue weighted by atomic mass is 19.1. The van der Waals surface area contributed by atoms with Gasteiger partial charge in [0.1, 0.15) is 18.5 Å². The van der Waals surface area contributed by atoms with Crippen molar-refractivity contribution in [2.45, 2.75) is 46.3 Å². The number of nitrogens with zero attached hydrogens (tertiary/aromatic N) is 1. The molecule has 0 aliphatic carbocycles. The molecule has 2 heterocycles. The van der Waals surface area contributed by atoms with Crippen molar-refractivity contribution >= 4 is 17.7 Å². The molecule has 1 aliphatic heterocycles. The second-order valence-electron chi connectivity index (χ2n) is 6.92. The smallest absolute Gasteiger partial charge is 0.303 e. The maximum atomic E-state index is 13.4. The molecule has 0 saturated heterocycles. The van der Waals surface area contributed by atoms with Gasteiger partial charge in [0.05, 0.1) is 11.3 Å². The number of fused-ring (bicyclic) bond motifs is 1. The molecular formula is C21H22FNO6. The Morgan fingerprint density at radius 3 is 2.34 bits per heavy atom. The van der Waals surface area contributed by atoms with Gasteiger partial charge in [-0.3, -0.25) is 14.4 Å². The molecule has 1 aromatic heterocycles. The van der Waals surface area contributed by atoms with Crippen molar-refractivity contribution < 1.29 is 33.0 Å². The number of Topliss-reactive ketones (excluding diaryl/α,β-unsaturated/α-hetero) is 1. The van der Waals surface area contributed by atoms with Gasteiger partial charge in [-0.05, 0) is 38.1 Å². The Balaban J connectivity index is 2.11. The van der Waals surface area contributed by atoms with Crippen LogP contribution in [0.1, 0.15) is 42.5 Å². The molecule has 0 N–H and O–H groups in total. The maximum absolute atomic E-state index is 13.4. The molecule has 2 aromatic rings. The predicted octanol–water partition coefficient (Wildman–Crippen LogP) is 2.93. The number of carbonyl (C=O) groups excluding carboxylic acids is 3. The lowest BCUT2D eigenvalue weighted by atomic mass is 10.0. The first-order valence-corrected chi connectivity index (χ1v) is 9.17. The Morgan fingerprint density at radius 1 is 1.14 bits per heavy atom. The number of ketones is 1. The first-order chi connectivity index (χ1) is 13.7. The molecule has 0 radical (unpaired) electrons. The van der Waals surface area contributed by atoms with E-state index in [0.29, 0.717) is 28.4 Å². The van der Waals surface area contributed by atoms with Gasteiger partial charge >= 0.3 is 11.9 Å². The van der Waals surface area contributed by atoms with Gasteiger partial charge in [0.2, 0.25) is 0 Å². The third-order valence-electron chi connectivity index (χ3n) is 4.74. The first kappa shape index (κ1) is 20.6. The van der Waals surface area contributed by atoms with Crippen LogP contribution in [0.2, 0.25) is 0 Å². The van der Waals surface area contributed by atoms with Gasteiger partial charge in [-0.1, -0.05) is 0 Å². The number of ether oxygens (including phenoxy) is 3. The van der Waals surface area contributed by atoms with Gasteiger partial charge in [0, 0.05) is 31.6 Å². The summed E-state index contributed by atoms with van der Waals surface area (Å²) in [4.78, 5) is 35.2. The molecule has 29 heavy (non-hydrogen) atoms. The number of rotatable bonds is 5. The highest BCUT2D eigenvalue weighted by molar-refractivity contribution is 5.99. The van der Waals surface area contributed by atoms with E-state index in [9.17, 15) is 18.8 Å². The molecule has 2 atom stereocenters. The number of halogens is 1. The molecule has 0 fully saturated rings. The number of benzene rings is 1. The third-order valence-corrected chi connectivity index (χ3v) is 4.74. The second-order valence-corrected chi connectivity index (χ2v) is 6.92. The zero-order valence-corrected chi connectivity index (χ0v) is 16.7. The van der Waals surface area contributed by atoms with Gasteiger partial charge in [0.15, 0.2) is 17.6 Å². The SMILES string of the molecule is CC(=O)OC[C@H]1Oc2c(C(C)=O)c(C)n(-c3ccc(F)cc3)c2C[C@@H]1OC(C)=O. The molecule has 3 rings (SSSR count). The van der Waals surface area contributed by atoms with Crippen molar-refractivity contribution in [1.29, 1.82) is 0 Å². The predicted molar refractivity (Wildman–Crippen MR) is 101 cm³/mol. The van der Waals surface area contributed by atoms with Gasteiger partial charge in [-0.25, -0.2) is 4.39 Å². The number of esters is 2. The molecule has 0 spiro atoms. The van der Waals surface area contributed by atoms with Crippen molar-refractivity contribution in [2.75, 3.05) is 6.61 Å². The van der Waals surface area contributed by atoms with E-state index in [1.807, 2.05) is 0 Å². The minimum absolute atomic E-state index is 0.120. The lowest BCUT2D eigenvalue weighted by Gasteiger charge is -2.32. The van der Waals surface area contributed by atoms with Gasteiger partial charge in [-0.2, -0.15) is 0 Å². The van der Waals surface area contributed by atoms with Crippen LogP contribution in [0.25, 0.3) is 5.69 Å². The van der Waals surface area contributed by atoms with Crippen LogP contribution in [0.5, 0.6) is 5.75 Å². The summed E-state index contributed by atoms with van der Waals surface area (Å²) in [6.07, 6.45) is -1.23. The van der Waals surface area contributed by atoms with Crippen molar-refractivity contribution in [3.05, 3.63) is 47.0 Å². The standard InChI is InChI=1S/C21H22FNO6/c1-11-20(12(2)24)21-17(23(11)16-7-5-15(22)6-8-16)9-18(28-14(4)26)19(29-21)10-27-13(3)25/h5-8,18-19H,9-10H2,1-4H3/t18-,19+/m0/s1. The Hall–Kier alpha value is -3.16. The van der Waals surface area contributed by atoms with Crippen LogP contribution in [0, 0.1) is 12.7 Å². The van der Waals surface area contributed by atoms with Gasteiger partial charge < -0.3 is 18.8 Å². The van der Waals surface area contributed by atoms with E-state index in [0.717, 1.165) is 0 Å². The van der Waals surface area contributed by atoms with Gasteiger partial charge in [-0.15, -0.1) is 0 Å². The van der Waals surface area contributed by atoms with Crippen LogP contribution >= 0.6 is 0 Å². The van der Waals surface area contributed by atoms with E-state index < -0.39 is 24.1 Å². The van der Waals surface area contributed by atoms with E-state index in [4.69, 9.17) is 14.2 Å². The second kappa shape index (κ2) is 8.06. The summed E-state index contributed by atoms with van der Waals surface area (Å²) in [5.41, 5.74) is 2.29. The van der Waals surface area contributed by atoms with Crippen molar-refractivity contribution in [1.82, 2.24) is 4.57 Å². The number of hydrogen-bond donors (Lipinski definition) is 0. The van der Waals surface area contributed by atoms with Crippen LogP contribution in [-0.4, -0.2) is 41.1 Å². The normalized spacial score (nSPS) is 17.8. The van der Waals surface area contributed by atoms with Gasteiger partial charge in [0.25, 0.3) is 0 Å². The fourth-order valence-corrected chi connectivity index (χ4v) is 3.61. The molecule has 154 valence electrons. The Bertz CT molecular complexity index is 963. The molecule has 1 aliphatic rings. The van der Waals surface area contributed by atoms with Crippen LogP contribution in [0.15, 0.2) is 24.3 Å². The maximum Gasteiger partial charge on any atom is 0.303 e. The first-order valence-electron chi connectivity index (χ1n) is 9.17. The summed E-state index contributed by atoms with van der Waals surface area (Å²) >= 11 is 0. The lowest BCUT2D eigenvalue weighted by Crippen LogP contribution is -2.44. The summed E-state index contributed by atoms with van der Waals surface area (Å²) in [5, 5.41) is 0. The summed E-state index contributed by atoms with van der Waals surface area (Å²) in [6, 6.07) is 5.84.